The first kappa shape index (κ1) is 28.4. The Labute approximate surface area is 196 Å². The Morgan fingerprint density at radius 3 is 1.88 bits per heavy atom. The third-order valence-electron chi connectivity index (χ3n) is 4.29. The van der Waals surface area contributed by atoms with Gasteiger partial charge in [0.05, 0.1) is 13.2 Å². The molecule has 0 bridgehead atoms. The van der Waals surface area contributed by atoms with Gasteiger partial charge in [0.15, 0.2) is 0 Å². The van der Waals surface area contributed by atoms with Crippen molar-refractivity contribution < 1.29 is 34.1 Å². The number of hydrogen-bond donors (Lipinski definition) is 3. The molecule has 186 valence electrons. The standard InChI is InChI=1S/C24H38N2O7/c1-23(2,3)32-20(29)12-11-19(22(31)33-24(4,5)6)25-21(30)17-7-9-18(10-8-17)26(13-15-27)14-16-28/h7-10,19,27-28H,11-16H2,1-6H3,(H,25,30)/t19-/m0/s1. The number of aliphatic hydroxyl groups is 2. The van der Waals surface area contributed by atoms with Crippen molar-refractivity contribution >= 4 is 23.5 Å². The molecule has 3 N–H and O–H groups in total. The van der Waals surface area contributed by atoms with Crippen LogP contribution in [0.4, 0.5) is 5.69 Å². The first-order chi connectivity index (χ1) is 15.3. The molecule has 9 heteroatoms. The van der Waals surface area contributed by atoms with Crippen LogP contribution in [0, 0.1) is 0 Å². The topological polar surface area (TPSA) is 125 Å². The SMILES string of the molecule is CC(C)(C)OC(=O)CC[C@H](NC(=O)c1ccc(N(CCO)CCO)cc1)C(=O)OC(C)(C)C. The van der Waals surface area contributed by atoms with Crippen LogP contribution < -0.4 is 10.2 Å². The highest BCUT2D eigenvalue weighted by atomic mass is 16.6. The molecule has 0 aliphatic rings. The maximum absolute atomic E-state index is 12.8. The van der Waals surface area contributed by atoms with Crippen LogP contribution in [-0.2, 0) is 19.1 Å². The quantitative estimate of drug-likeness (QED) is 0.423. The molecule has 0 spiro atoms. The second kappa shape index (κ2) is 12.6. The van der Waals surface area contributed by atoms with Crippen LogP contribution >= 0.6 is 0 Å². The molecule has 1 aromatic carbocycles. The number of benzene rings is 1. The third kappa shape index (κ3) is 11.2. The zero-order chi connectivity index (χ0) is 25.2. The summed E-state index contributed by atoms with van der Waals surface area (Å²) < 4.78 is 10.7. The van der Waals surface area contributed by atoms with Gasteiger partial charge in [-0.1, -0.05) is 0 Å². The van der Waals surface area contributed by atoms with Crippen LogP contribution in [-0.4, -0.2) is 71.6 Å². The molecular weight excluding hydrogens is 428 g/mol. The molecule has 0 unspecified atom stereocenters. The van der Waals surface area contributed by atoms with Gasteiger partial charge < -0.3 is 29.9 Å². The maximum atomic E-state index is 12.8. The summed E-state index contributed by atoms with van der Waals surface area (Å²) in [6.45, 7) is 11.0. The van der Waals surface area contributed by atoms with Gasteiger partial charge in [-0.15, -0.1) is 0 Å². The molecule has 0 radical (unpaired) electrons. The smallest absolute Gasteiger partial charge is 0.329 e. The van der Waals surface area contributed by atoms with E-state index in [1.165, 1.54) is 0 Å². The maximum Gasteiger partial charge on any atom is 0.329 e. The molecule has 9 nitrogen and oxygen atoms in total. The zero-order valence-electron chi connectivity index (χ0n) is 20.5. The van der Waals surface area contributed by atoms with Crippen molar-refractivity contribution in [3.05, 3.63) is 29.8 Å². The summed E-state index contributed by atoms with van der Waals surface area (Å²) in [6.07, 6.45) is -0.0217. The molecule has 1 amide bonds. The summed E-state index contributed by atoms with van der Waals surface area (Å²) >= 11 is 0. The number of hydrogen-bond acceptors (Lipinski definition) is 8. The van der Waals surface area contributed by atoms with E-state index in [0.29, 0.717) is 18.7 Å². The van der Waals surface area contributed by atoms with Crippen molar-refractivity contribution in [2.24, 2.45) is 0 Å². The van der Waals surface area contributed by atoms with Gasteiger partial charge in [0.2, 0.25) is 0 Å². The molecule has 1 atom stereocenters. The summed E-state index contributed by atoms with van der Waals surface area (Å²) in [6, 6.07) is 5.55. The summed E-state index contributed by atoms with van der Waals surface area (Å²) in [5.74, 6) is -1.59. The van der Waals surface area contributed by atoms with E-state index >= 15 is 0 Å². The van der Waals surface area contributed by atoms with E-state index in [4.69, 9.17) is 9.47 Å². The zero-order valence-corrected chi connectivity index (χ0v) is 20.5. The fourth-order valence-corrected chi connectivity index (χ4v) is 2.95. The number of nitrogens with zero attached hydrogens (tertiary/aromatic N) is 1. The number of esters is 2. The molecular formula is C24H38N2O7. The summed E-state index contributed by atoms with van der Waals surface area (Å²) in [5, 5.41) is 21.0. The second-order valence-electron chi connectivity index (χ2n) is 9.67. The van der Waals surface area contributed by atoms with Gasteiger partial charge in [-0.05, 0) is 72.2 Å². The predicted molar refractivity (Wildman–Crippen MR) is 125 cm³/mol. The average molecular weight is 467 g/mol. The van der Waals surface area contributed by atoms with Gasteiger partial charge in [-0.3, -0.25) is 9.59 Å². The predicted octanol–water partition coefficient (Wildman–Crippen LogP) is 2.04. The van der Waals surface area contributed by atoms with Crippen molar-refractivity contribution in [2.75, 3.05) is 31.2 Å². The van der Waals surface area contributed by atoms with Gasteiger partial charge in [0.25, 0.3) is 5.91 Å². The highest BCUT2D eigenvalue weighted by molar-refractivity contribution is 5.97. The molecule has 0 fully saturated rings. The number of aliphatic hydroxyl groups excluding tert-OH is 2. The van der Waals surface area contributed by atoms with E-state index in [0.717, 1.165) is 5.69 Å². The number of nitrogens with one attached hydrogen (secondary N) is 1. The normalized spacial score (nSPS) is 12.6. The summed E-state index contributed by atoms with van der Waals surface area (Å²) in [7, 11) is 0. The Morgan fingerprint density at radius 1 is 0.909 bits per heavy atom. The van der Waals surface area contributed by atoms with Crippen LogP contribution in [0.3, 0.4) is 0 Å². The molecule has 0 aromatic heterocycles. The Kier molecular flexibility index (Phi) is 10.8. The van der Waals surface area contributed by atoms with Crippen LogP contribution in [0.15, 0.2) is 24.3 Å². The Balaban J connectivity index is 2.93. The Hall–Kier alpha value is -2.65. The number of anilines is 1. The van der Waals surface area contributed by atoms with Gasteiger partial charge in [-0.25, -0.2) is 4.79 Å². The molecule has 0 heterocycles. The summed E-state index contributed by atoms with van der Waals surface area (Å²) in [4.78, 5) is 39.4. The number of rotatable bonds is 11. The second-order valence-corrected chi connectivity index (χ2v) is 9.67. The first-order valence-electron chi connectivity index (χ1n) is 11.1. The van der Waals surface area contributed by atoms with E-state index in [1.54, 1.807) is 70.7 Å². The molecule has 0 aliphatic carbocycles. The molecule has 1 aromatic rings. The molecule has 33 heavy (non-hydrogen) atoms. The average Bonchev–Trinajstić information content (AvgIpc) is 2.68. The van der Waals surface area contributed by atoms with Crippen molar-refractivity contribution in [3.63, 3.8) is 0 Å². The van der Waals surface area contributed by atoms with Gasteiger partial charge in [0, 0.05) is 30.8 Å². The molecule has 1 rings (SSSR count). The highest BCUT2D eigenvalue weighted by Gasteiger charge is 2.28. The van der Waals surface area contributed by atoms with Gasteiger partial charge >= 0.3 is 11.9 Å². The van der Waals surface area contributed by atoms with Crippen LogP contribution in [0.25, 0.3) is 0 Å². The largest absolute Gasteiger partial charge is 0.460 e. The molecule has 0 aliphatic heterocycles. The van der Waals surface area contributed by atoms with Crippen LogP contribution in [0.1, 0.15) is 64.7 Å². The third-order valence-corrected chi connectivity index (χ3v) is 4.29. The van der Waals surface area contributed by atoms with E-state index < -0.39 is 35.1 Å². The minimum absolute atomic E-state index is 0.0361. The van der Waals surface area contributed by atoms with Crippen LogP contribution in [0.5, 0.6) is 0 Å². The van der Waals surface area contributed by atoms with E-state index in [1.807, 2.05) is 0 Å². The Morgan fingerprint density at radius 2 is 1.42 bits per heavy atom. The fraction of sp³-hybridized carbons (Fsp3) is 0.625. The van der Waals surface area contributed by atoms with Gasteiger partial charge in [0.1, 0.15) is 17.2 Å². The van der Waals surface area contributed by atoms with Gasteiger partial charge in [-0.2, -0.15) is 0 Å². The fourth-order valence-electron chi connectivity index (χ4n) is 2.95. The highest BCUT2D eigenvalue weighted by Crippen LogP contribution is 2.17. The number of carbonyl (C=O) groups excluding carboxylic acids is 3. The lowest BCUT2D eigenvalue weighted by molar-refractivity contribution is -0.158. The molecule has 0 saturated heterocycles. The van der Waals surface area contributed by atoms with Crippen molar-refractivity contribution in [2.45, 2.75) is 71.6 Å². The minimum atomic E-state index is -1.02. The van der Waals surface area contributed by atoms with Crippen LogP contribution in [0.2, 0.25) is 0 Å². The Bertz CT molecular complexity index is 773. The monoisotopic (exact) mass is 466 g/mol. The lowest BCUT2D eigenvalue weighted by atomic mass is 10.1. The number of amides is 1. The lowest BCUT2D eigenvalue weighted by Gasteiger charge is -2.25. The molecule has 0 saturated carbocycles. The van der Waals surface area contributed by atoms with E-state index in [2.05, 4.69) is 5.32 Å². The van der Waals surface area contributed by atoms with Crippen molar-refractivity contribution in [3.8, 4) is 0 Å². The van der Waals surface area contributed by atoms with Crippen molar-refractivity contribution in [1.82, 2.24) is 5.32 Å². The van der Waals surface area contributed by atoms with E-state index in [9.17, 15) is 24.6 Å². The lowest BCUT2D eigenvalue weighted by Crippen LogP contribution is -2.44. The summed E-state index contributed by atoms with van der Waals surface area (Å²) in [5.41, 5.74) is -0.347. The van der Waals surface area contributed by atoms with E-state index in [-0.39, 0.29) is 26.1 Å². The van der Waals surface area contributed by atoms with Crippen molar-refractivity contribution in [1.29, 1.82) is 0 Å². The number of ether oxygens (including phenoxy) is 2. The first-order valence-corrected chi connectivity index (χ1v) is 11.1. The minimum Gasteiger partial charge on any atom is -0.460 e. The number of carbonyl (C=O) groups is 3.